The van der Waals surface area contributed by atoms with E-state index in [0.717, 1.165) is 15.8 Å². The topological polar surface area (TPSA) is 26.3 Å². The van der Waals surface area contributed by atoms with Crippen LogP contribution in [0.3, 0.4) is 0 Å². The molecule has 0 aliphatic rings. The van der Waals surface area contributed by atoms with Crippen LogP contribution in [0.4, 0.5) is 0 Å². The highest BCUT2D eigenvalue weighted by atomic mass is 79.9. The lowest BCUT2D eigenvalue weighted by molar-refractivity contribution is 0.0920. The van der Waals surface area contributed by atoms with E-state index in [2.05, 4.69) is 29.8 Å². The number of ether oxygens (including phenoxy) is 1. The number of ketones is 1. The van der Waals surface area contributed by atoms with Gasteiger partial charge in [0, 0.05) is 15.1 Å². The molecule has 21 heavy (non-hydrogen) atoms. The van der Waals surface area contributed by atoms with Crippen LogP contribution in [0, 0.1) is 0 Å². The van der Waals surface area contributed by atoms with Gasteiger partial charge in [0.15, 0.2) is 12.4 Å². The summed E-state index contributed by atoms with van der Waals surface area (Å²) >= 11 is 9.34. The summed E-state index contributed by atoms with van der Waals surface area (Å²) in [7, 11) is 0. The van der Waals surface area contributed by atoms with Crippen LogP contribution in [0.25, 0.3) is 0 Å². The molecule has 0 heterocycles. The molecular formula is C17H16BrClO2. The molecule has 4 heteroatoms. The van der Waals surface area contributed by atoms with Gasteiger partial charge in [-0.3, -0.25) is 4.79 Å². The maximum Gasteiger partial charge on any atom is 0.200 e. The number of carbonyl (C=O) groups excluding carboxylic acids is 1. The zero-order chi connectivity index (χ0) is 15.4. The van der Waals surface area contributed by atoms with Crippen LogP contribution in [0.5, 0.6) is 5.75 Å². The smallest absolute Gasteiger partial charge is 0.200 e. The van der Waals surface area contributed by atoms with Gasteiger partial charge in [0.2, 0.25) is 0 Å². The molecule has 0 spiro atoms. The van der Waals surface area contributed by atoms with Crippen molar-refractivity contribution in [3.63, 3.8) is 0 Å². The highest BCUT2D eigenvalue weighted by Crippen LogP contribution is 2.29. The Morgan fingerprint density at radius 3 is 2.67 bits per heavy atom. The fraction of sp³-hybridized carbons (Fsp3) is 0.235. The molecule has 0 atom stereocenters. The van der Waals surface area contributed by atoms with Crippen LogP contribution in [0.2, 0.25) is 5.02 Å². The first-order valence-corrected chi connectivity index (χ1v) is 7.85. The van der Waals surface area contributed by atoms with Gasteiger partial charge in [0.05, 0.1) is 0 Å². The second kappa shape index (κ2) is 7.10. The number of benzene rings is 2. The van der Waals surface area contributed by atoms with Crippen molar-refractivity contribution in [3.05, 3.63) is 63.1 Å². The molecule has 2 aromatic carbocycles. The van der Waals surface area contributed by atoms with Crippen molar-refractivity contribution in [3.8, 4) is 5.75 Å². The average molecular weight is 368 g/mol. The first-order valence-electron chi connectivity index (χ1n) is 6.68. The van der Waals surface area contributed by atoms with Crippen molar-refractivity contribution in [2.45, 2.75) is 19.8 Å². The molecule has 2 nitrogen and oxygen atoms in total. The van der Waals surface area contributed by atoms with E-state index < -0.39 is 0 Å². The lowest BCUT2D eigenvalue weighted by atomic mass is 10.0. The number of carbonyl (C=O) groups is 1. The summed E-state index contributed by atoms with van der Waals surface area (Å²) in [6.45, 7) is 4.18. The van der Waals surface area contributed by atoms with E-state index in [1.54, 1.807) is 24.3 Å². The van der Waals surface area contributed by atoms with Crippen LogP contribution in [0.15, 0.2) is 46.9 Å². The molecule has 0 bridgehead atoms. The molecule has 0 radical (unpaired) electrons. The van der Waals surface area contributed by atoms with E-state index in [-0.39, 0.29) is 12.4 Å². The van der Waals surface area contributed by atoms with Gasteiger partial charge < -0.3 is 4.74 Å². The van der Waals surface area contributed by atoms with Crippen LogP contribution in [-0.2, 0) is 0 Å². The first kappa shape index (κ1) is 16.1. The quantitative estimate of drug-likeness (QED) is 0.653. The predicted molar refractivity (Wildman–Crippen MR) is 89.5 cm³/mol. The lowest BCUT2D eigenvalue weighted by Crippen LogP contribution is -2.12. The van der Waals surface area contributed by atoms with Gasteiger partial charge in [-0.15, -0.1) is 0 Å². The van der Waals surface area contributed by atoms with Crippen molar-refractivity contribution in [2.24, 2.45) is 0 Å². The number of hydrogen-bond acceptors (Lipinski definition) is 2. The molecule has 0 aliphatic carbocycles. The average Bonchev–Trinajstić information content (AvgIpc) is 2.45. The Kier molecular flexibility index (Phi) is 5.43. The van der Waals surface area contributed by atoms with Crippen LogP contribution < -0.4 is 4.74 Å². The minimum Gasteiger partial charge on any atom is -0.485 e. The Hall–Kier alpha value is -1.32. The molecule has 0 saturated heterocycles. The van der Waals surface area contributed by atoms with E-state index in [9.17, 15) is 4.79 Å². The summed E-state index contributed by atoms with van der Waals surface area (Å²) < 4.78 is 6.70. The Labute approximate surface area is 138 Å². The van der Waals surface area contributed by atoms with Gasteiger partial charge in [-0.2, -0.15) is 0 Å². The lowest BCUT2D eigenvalue weighted by Gasteiger charge is -2.14. The zero-order valence-electron chi connectivity index (χ0n) is 11.9. The highest BCUT2D eigenvalue weighted by Gasteiger charge is 2.12. The van der Waals surface area contributed by atoms with E-state index in [0.29, 0.717) is 16.5 Å². The maximum absolute atomic E-state index is 12.1. The third kappa shape index (κ3) is 4.32. The normalized spacial score (nSPS) is 10.7. The number of halogens is 2. The van der Waals surface area contributed by atoms with Gasteiger partial charge in [-0.1, -0.05) is 53.5 Å². The monoisotopic (exact) mass is 366 g/mol. The Morgan fingerprint density at radius 2 is 2.00 bits per heavy atom. The van der Waals surface area contributed by atoms with Crippen LogP contribution >= 0.6 is 27.5 Å². The molecule has 0 saturated carbocycles. The van der Waals surface area contributed by atoms with Gasteiger partial charge in [-0.05, 0) is 41.8 Å². The third-order valence-corrected chi connectivity index (χ3v) is 3.83. The zero-order valence-corrected chi connectivity index (χ0v) is 14.2. The third-order valence-electron chi connectivity index (χ3n) is 3.10. The van der Waals surface area contributed by atoms with Gasteiger partial charge >= 0.3 is 0 Å². The van der Waals surface area contributed by atoms with Crippen molar-refractivity contribution >= 4 is 33.3 Å². The standard InChI is InChI=1S/C17H16BrClO2/c1-11(2)15-9-13(18)6-7-17(15)21-10-16(20)12-4-3-5-14(19)8-12/h3-9,11H,10H2,1-2H3. The number of rotatable bonds is 5. The predicted octanol–water partition coefficient (Wildman–Crippen LogP) is 5.49. The van der Waals surface area contributed by atoms with E-state index in [1.807, 2.05) is 18.2 Å². The fourth-order valence-corrected chi connectivity index (χ4v) is 2.56. The molecule has 0 aromatic heterocycles. The van der Waals surface area contributed by atoms with Crippen molar-refractivity contribution < 1.29 is 9.53 Å². The Morgan fingerprint density at radius 1 is 1.24 bits per heavy atom. The second-order valence-corrected chi connectivity index (χ2v) is 6.41. The molecule has 2 rings (SSSR count). The van der Waals surface area contributed by atoms with Gasteiger partial charge in [0.1, 0.15) is 5.75 Å². The molecule has 0 aliphatic heterocycles. The number of hydrogen-bond donors (Lipinski definition) is 0. The molecule has 2 aromatic rings. The summed E-state index contributed by atoms with van der Waals surface area (Å²) in [5.41, 5.74) is 1.63. The van der Waals surface area contributed by atoms with Crippen molar-refractivity contribution in [1.82, 2.24) is 0 Å². The highest BCUT2D eigenvalue weighted by molar-refractivity contribution is 9.10. The summed E-state index contributed by atoms with van der Waals surface area (Å²) in [6, 6.07) is 12.7. The minimum absolute atomic E-state index is 0.00168. The Bertz CT molecular complexity index is 653. The second-order valence-electron chi connectivity index (χ2n) is 5.06. The molecule has 110 valence electrons. The molecule has 0 N–H and O–H groups in total. The van der Waals surface area contributed by atoms with Crippen molar-refractivity contribution in [2.75, 3.05) is 6.61 Å². The van der Waals surface area contributed by atoms with E-state index in [1.165, 1.54) is 0 Å². The van der Waals surface area contributed by atoms with Crippen LogP contribution in [-0.4, -0.2) is 12.4 Å². The Balaban J connectivity index is 2.11. The van der Waals surface area contributed by atoms with E-state index in [4.69, 9.17) is 16.3 Å². The fourth-order valence-electron chi connectivity index (χ4n) is 1.99. The molecule has 0 unspecified atom stereocenters. The largest absolute Gasteiger partial charge is 0.485 e. The first-order chi connectivity index (χ1) is 9.97. The molecule has 0 amide bonds. The SMILES string of the molecule is CC(C)c1cc(Br)ccc1OCC(=O)c1cccc(Cl)c1. The maximum atomic E-state index is 12.1. The summed E-state index contributed by atoms with van der Waals surface area (Å²) in [4.78, 5) is 12.1. The summed E-state index contributed by atoms with van der Waals surface area (Å²) in [6.07, 6.45) is 0. The summed E-state index contributed by atoms with van der Waals surface area (Å²) in [5, 5.41) is 0.548. The number of Topliss-reactive ketones (excluding diaryl/α,β-unsaturated/α-hetero) is 1. The minimum atomic E-state index is -0.0878. The molecular weight excluding hydrogens is 352 g/mol. The van der Waals surface area contributed by atoms with Gasteiger partial charge in [0.25, 0.3) is 0 Å². The van der Waals surface area contributed by atoms with Crippen molar-refractivity contribution in [1.29, 1.82) is 0 Å². The molecule has 0 fully saturated rings. The van der Waals surface area contributed by atoms with Crippen LogP contribution in [0.1, 0.15) is 35.7 Å². The van der Waals surface area contributed by atoms with E-state index >= 15 is 0 Å². The van der Waals surface area contributed by atoms with Gasteiger partial charge in [-0.25, -0.2) is 0 Å². The summed E-state index contributed by atoms with van der Waals surface area (Å²) in [5.74, 6) is 0.970.